The van der Waals surface area contributed by atoms with Crippen molar-refractivity contribution in [3.8, 4) is 28.1 Å². The molecule has 244 valence electrons. The summed E-state index contributed by atoms with van der Waals surface area (Å²) in [6.45, 7) is 16.4. The van der Waals surface area contributed by atoms with Crippen LogP contribution in [0.1, 0.15) is 62.8 Å². The number of carbonyl (C=O) groups excluding carboxylic acids is 3. The maximum atomic E-state index is 13.0. The molecule has 3 rings (SSSR count). The molecular formula is C36H44N4O6. The van der Waals surface area contributed by atoms with Gasteiger partial charge in [-0.15, -0.1) is 0 Å². The highest BCUT2D eigenvalue weighted by atomic mass is 16.7. The zero-order chi connectivity index (χ0) is 34.0. The second-order valence-corrected chi connectivity index (χ2v) is 11.5. The van der Waals surface area contributed by atoms with Crippen LogP contribution in [-0.2, 0) is 19.1 Å². The lowest BCUT2D eigenvalue weighted by atomic mass is 9.84. The molecule has 0 atom stereocenters. The van der Waals surface area contributed by atoms with Gasteiger partial charge in [0.25, 0.3) is 0 Å². The summed E-state index contributed by atoms with van der Waals surface area (Å²) in [6, 6.07) is 7.64. The average Bonchev–Trinajstić information content (AvgIpc) is 3.00. The van der Waals surface area contributed by atoms with E-state index < -0.39 is 24.8 Å². The van der Waals surface area contributed by atoms with Crippen LogP contribution in [0.15, 0.2) is 60.0 Å². The summed E-state index contributed by atoms with van der Waals surface area (Å²) in [6.07, 6.45) is 6.41. The monoisotopic (exact) mass is 628 g/mol. The van der Waals surface area contributed by atoms with Gasteiger partial charge >= 0.3 is 12.1 Å². The fourth-order valence-corrected chi connectivity index (χ4v) is 4.84. The molecule has 0 saturated heterocycles. The van der Waals surface area contributed by atoms with Gasteiger partial charge in [0.1, 0.15) is 12.4 Å². The normalized spacial score (nSPS) is 10.5. The molecule has 0 saturated carbocycles. The number of anilines is 1. The van der Waals surface area contributed by atoms with Crippen molar-refractivity contribution in [2.45, 2.75) is 68.2 Å². The van der Waals surface area contributed by atoms with E-state index in [1.807, 2.05) is 64.2 Å². The number of hydrogen-bond donors (Lipinski definition) is 1. The smallest absolute Gasteiger partial charge is 0.418 e. The minimum absolute atomic E-state index is 0.145. The topological polar surface area (TPSA) is 134 Å². The molecule has 2 aromatic heterocycles. The van der Waals surface area contributed by atoms with E-state index in [-0.39, 0.29) is 19.4 Å². The van der Waals surface area contributed by atoms with Gasteiger partial charge in [-0.1, -0.05) is 17.2 Å². The number of rotatable bonds is 13. The van der Waals surface area contributed by atoms with Crippen molar-refractivity contribution in [2.75, 3.05) is 24.8 Å². The van der Waals surface area contributed by atoms with Crippen LogP contribution in [-0.4, -0.2) is 47.9 Å². The molecule has 0 bridgehead atoms. The molecule has 0 radical (unpaired) electrons. The van der Waals surface area contributed by atoms with E-state index in [9.17, 15) is 14.4 Å². The second-order valence-electron chi connectivity index (χ2n) is 11.5. The van der Waals surface area contributed by atoms with Gasteiger partial charge < -0.3 is 19.9 Å². The molecule has 2 heterocycles. The van der Waals surface area contributed by atoms with Gasteiger partial charge in [0.05, 0.1) is 6.42 Å². The molecule has 3 aromatic rings. The van der Waals surface area contributed by atoms with Gasteiger partial charge in [-0.3, -0.25) is 14.5 Å². The van der Waals surface area contributed by atoms with Crippen LogP contribution in [0.2, 0.25) is 0 Å². The number of aromatic nitrogens is 2. The van der Waals surface area contributed by atoms with E-state index in [0.29, 0.717) is 18.3 Å². The summed E-state index contributed by atoms with van der Waals surface area (Å²) in [5.41, 5.74) is 15.9. The SMILES string of the molecule is CC(C)=CCOc1ccc(-c2c(C)c(C)c(-c3ccc(N(CC=C(C)C)C(=O)OCOC(=O)CCC(N)=O)nc3)c(C)c2C)cn1. The van der Waals surface area contributed by atoms with Crippen LogP contribution < -0.4 is 15.4 Å². The van der Waals surface area contributed by atoms with Crippen molar-refractivity contribution in [1.29, 1.82) is 0 Å². The lowest BCUT2D eigenvalue weighted by molar-refractivity contribution is -0.152. The van der Waals surface area contributed by atoms with Crippen molar-refractivity contribution in [3.05, 3.63) is 82.2 Å². The largest absolute Gasteiger partial charge is 0.473 e. The molecule has 0 aliphatic rings. The number of nitrogens with zero attached hydrogens (tertiary/aromatic N) is 3. The predicted octanol–water partition coefficient (Wildman–Crippen LogP) is 7.06. The number of esters is 1. The Kier molecular flexibility index (Phi) is 12.6. The maximum Gasteiger partial charge on any atom is 0.418 e. The van der Waals surface area contributed by atoms with Crippen molar-refractivity contribution in [3.63, 3.8) is 0 Å². The number of carbonyl (C=O) groups is 3. The van der Waals surface area contributed by atoms with Gasteiger partial charge in [-0.05, 0) is 113 Å². The van der Waals surface area contributed by atoms with Crippen molar-refractivity contribution in [1.82, 2.24) is 9.97 Å². The highest BCUT2D eigenvalue weighted by Gasteiger charge is 2.21. The molecule has 0 unspecified atom stereocenters. The van der Waals surface area contributed by atoms with Crippen molar-refractivity contribution in [2.24, 2.45) is 5.73 Å². The maximum absolute atomic E-state index is 13.0. The van der Waals surface area contributed by atoms with Gasteiger partial charge in [-0.25, -0.2) is 14.8 Å². The quantitative estimate of drug-likeness (QED) is 0.121. The molecule has 1 aromatic carbocycles. The lowest BCUT2D eigenvalue weighted by Crippen LogP contribution is -2.33. The van der Waals surface area contributed by atoms with Gasteiger partial charge in [0.2, 0.25) is 18.6 Å². The summed E-state index contributed by atoms with van der Waals surface area (Å²) in [4.78, 5) is 46.1. The number of primary amides is 1. The van der Waals surface area contributed by atoms with Crippen LogP contribution in [0.3, 0.4) is 0 Å². The van der Waals surface area contributed by atoms with Crippen molar-refractivity contribution >= 4 is 23.8 Å². The Hall–Kier alpha value is -4.99. The Balaban J connectivity index is 1.85. The fraction of sp³-hybridized carbons (Fsp3) is 0.361. The summed E-state index contributed by atoms with van der Waals surface area (Å²) < 4.78 is 15.8. The molecule has 0 aliphatic carbocycles. The van der Waals surface area contributed by atoms with E-state index in [1.54, 1.807) is 12.3 Å². The third-order valence-electron chi connectivity index (χ3n) is 7.57. The molecule has 10 heteroatoms. The Bertz CT molecular complexity index is 1590. The number of benzene rings is 1. The molecule has 0 aliphatic heterocycles. The third kappa shape index (κ3) is 9.50. The van der Waals surface area contributed by atoms with Crippen LogP contribution >= 0.6 is 0 Å². The standard InChI is InChI=1S/C36H44N4O6/c1-22(2)15-17-40(36(43)46-21-45-33(42)14-11-30(37)41)31-12-9-28(19-38-31)34-24(5)26(7)35(27(8)25(34)6)29-10-13-32(39-20-29)44-18-16-23(3)4/h9-10,12-13,15-16,19-20H,11,14,17-18,21H2,1-8H3,(H2,37,41). The van der Waals surface area contributed by atoms with Gasteiger partial charge in [0.15, 0.2) is 0 Å². The van der Waals surface area contributed by atoms with Crippen LogP contribution in [0.4, 0.5) is 10.6 Å². The van der Waals surface area contributed by atoms with Crippen LogP contribution in [0.25, 0.3) is 22.3 Å². The predicted molar refractivity (Wildman–Crippen MR) is 179 cm³/mol. The minimum Gasteiger partial charge on any atom is -0.473 e. The van der Waals surface area contributed by atoms with E-state index in [0.717, 1.165) is 50.1 Å². The highest BCUT2D eigenvalue weighted by Crippen LogP contribution is 2.39. The number of ether oxygens (including phenoxy) is 3. The Labute approximate surface area is 271 Å². The first-order valence-corrected chi connectivity index (χ1v) is 15.1. The van der Waals surface area contributed by atoms with Gasteiger partial charge in [0, 0.05) is 42.6 Å². The third-order valence-corrected chi connectivity index (χ3v) is 7.57. The van der Waals surface area contributed by atoms with Crippen LogP contribution in [0, 0.1) is 27.7 Å². The van der Waals surface area contributed by atoms with Crippen LogP contribution in [0.5, 0.6) is 5.88 Å². The Morgan fingerprint density at radius 1 is 0.761 bits per heavy atom. The Morgan fingerprint density at radius 2 is 1.33 bits per heavy atom. The average molecular weight is 629 g/mol. The first-order chi connectivity index (χ1) is 21.8. The Morgan fingerprint density at radius 3 is 1.80 bits per heavy atom. The zero-order valence-corrected chi connectivity index (χ0v) is 28.0. The number of hydrogen-bond acceptors (Lipinski definition) is 8. The first-order valence-electron chi connectivity index (χ1n) is 15.1. The number of allylic oxidation sites excluding steroid dienone is 2. The molecule has 2 amide bonds. The molecule has 46 heavy (non-hydrogen) atoms. The first kappa shape index (κ1) is 35.5. The minimum atomic E-state index is -0.731. The number of nitrogens with two attached hydrogens (primary N) is 1. The van der Waals surface area contributed by atoms with E-state index in [4.69, 9.17) is 19.9 Å². The zero-order valence-electron chi connectivity index (χ0n) is 28.0. The summed E-state index contributed by atoms with van der Waals surface area (Å²) in [5, 5.41) is 0. The van der Waals surface area contributed by atoms with E-state index in [1.165, 1.54) is 10.5 Å². The number of pyridine rings is 2. The lowest BCUT2D eigenvalue weighted by Gasteiger charge is -2.22. The highest BCUT2D eigenvalue weighted by molar-refractivity contribution is 5.88. The van der Waals surface area contributed by atoms with E-state index >= 15 is 0 Å². The van der Waals surface area contributed by atoms with E-state index in [2.05, 4.69) is 37.7 Å². The molecule has 2 N–H and O–H groups in total. The molecule has 10 nitrogen and oxygen atoms in total. The molecule has 0 spiro atoms. The summed E-state index contributed by atoms with van der Waals surface area (Å²) in [7, 11) is 0. The number of amides is 2. The summed E-state index contributed by atoms with van der Waals surface area (Å²) in [5.74, 6) is -0.349. The summed E-state index contributed by atoms with van der Waals surface area (Å²) >= 11 is 0. The molecular weight excluding hydrogens is 584 g/mol. The van der Waals surface area contributed by atoms with Gasteiger partial charge in [-0.2, -0.15) is 0 Å². The second kappa shape index (κ2) is 16.4. The molecule has 0 fully saturated rings. The van der Waals surface area contributed by atoms with Crippen molar-refractivity contribution < 1.29 is 28.6 Å². The fourth-order valence-electron chi connectivity index (χ4n) is 4.84.